The average molecular weight is 1300 g/mol. The minimum absolute atomic E-state index is 0.104. The average Bonchev–Trinajstić information content (AvgIpc) is 3.54. The molecule has 0 spiro atoms. The van der Waals surface area contributed by atoms with E-state index in [1.807, 2.05) is 0 Å². The third-order valence-corrected chi connectivity index (χ3v) is 18.8. The van der Waals surface area contributed by atoms with Crippen LogP contribution >= 0.6 is 15.6 Å². The lowest BCUT2D eigenvalue weighted by molar-refractivity contribution is -0.161. The van der Waals surface area contributed by atoms with Gasteiger partial charge in [0.25, 0.3) is 0 Å². The van der Waals surface area contributed by atoms with Crippen LogP contribution in [0.3, 0.4) is 0 Å². The van der Waals surface area contributed by atoms with E-state index in [4.69, 9.17) is 37.0 Å². The molecule has 0 amide bonds. The Morgan fingerprint density at radius 1 is 0.318 bits per heavy atom. The van der Waals surface area contributed by atoms with E-state index in [2.05, 4.69) is 55.4 Å². The van der Waals surface area contributed by atoms with Gasteiger partial charge in [0.2, 0.25) is 0 Å². The van der Waals surface area contributed by atoms with Gasteiger partial charge >= 0.3 is 39.5 Å². The first-order valence-electron chi connectivity index (χ1n) is 35.8. The van der Waals surface area contributed by atoms with E-state index in [-0.39, 0.29) is 25.7 Å². The predicted molar refractivity (Wildman–Crippen MR) is 354 cm³/mol. The maximum atomic E-state index is 13.0. The monoisotopic (exact) mass is 1300 g/mol. The van der Waals surface area contributed by atoms with Crippen LogP contribution in [0.4, 0.5) is 0 Å². The fraction of sp³-hybridized carbons (Fsp3) is 0.942. The van der Waals surface area contributed by atoms with E-state index >= 15 is 0 Å². The molecule has 8 atom stereocenters. The molecule has 0 aromatic carbocycles. The molecule has 0 radical (unpaired) electrons. The van der Waals surface area contributed by atoms with Crippen molar-refractivity contribution in [2.24, 2.45) is 23.7 Å². The Morgan fingerprint density at radius 3 is 0.807 bits per heavy atom. The highest BCUT2D eigenvalue weighted by Gasteiger charge is 2.30. The van der Waals surface area contributed by atoms with Crippen molar-refractivity contribution in [1.29, 1.82) is 0 Å². The molecule has 0 aliphatic carbocycles. The van der Waals surface area contributed by atoms with Gasteiger partial charge in [-0.25, -0.2) is 9.13 Å². The lowest BCUT2D eigenvalue weighted by atomic mass is 9.99. The van der Waals surface area contributed by atoms with Crippen LogP contribution in [0, 0.1) is 23.7 Å². The molecule has 17 nitrogen and oxygen atoms in total. The van der Waals surface area contributed by atoms with Crippen molar-refractivity contribution in [3.05, 3.63) is 0 Å². The molecular weight excluding hydrogens is 1160 g/mol. The SMILES string of the molecule is CCC(C)CCCCCCCCCCC(=O)OC[C@H](COP(=O)(O)OC[C@@H](O)COP(=O)(O)OC[C@@H](COC(=O)CCCCCCCCC(C)CC)OC(=O)CCCCCCCCCCCCCC(C)C)OC(=O)CCCCCCCCCCC(C)CC. The first-order valence-corrected chi connectivity index (χ1v) is 38.8. The highest BCUT2D eigenvalue weighted by molar-refractivity contribution is 7.47. The first-order chi connectivity index (χ1) is 42.2. The van der Waals surface area contributed by atoms with Gasteiger partial charge in [0, 0.05) is 25.7 Å². The van der Waals surface area contributed by atoms with E-state index in [1.54, 1.807) is 0 Å². The lowest BCUT2D eigenvalue weighted by Gasteiger charge is -2.21. The number of carbonyl (C=O) groups excluding carboxylic acids is 4. The summed E-state index contributed by atoms with van der Waals surface area (Å²) in [6.07, 6.45) is 40.2. The van der Waals surface area contributed by atoms with Crippen LogP contribution in [0.5, 0.6) is 0 Å². The Kier molecular flexibility index (Phi) is 57.6. The number of esters is 4. The van der Waals surface area contributed by atoms with Gasteiger partial charge in [-0.2, -0.15) is 0 Å². The van der Waals surface area contributed by atoms with Crippen LogP contribution < -0.4 is 0 Å². The summed E-state index contributed by atoms with van der Waals surface area (Å²) in [6.45, 7) is 14.1. The zero-order chi connectivity index (χ0) is 65.4. The van der Waals surface area contributed by atoms with Crippen molar-refractivity contribution in [1.82, 2.24) is 0 Å². The fourth-order valence-electron chi connectivity index (χ4n) is 10.2. The Hall–Kier alpha value is -1.94. The van der Waals surface area contributed by atoms with E-state index in [0.29, 0.717) is 25.7 Å². The van der Waals surface area contributed by atoms with Crippen molar-refractivity contribution >= 4 is 39.5 Å². The van der Waals surface area contributed by atoms with Crippen molar-refractivity contribution in [3.8, 4) is 0 Å². The number of hydrogen-bond acceptors (Lipinski definition) is 15. The standard InChI is InChI=1S/C69H134O17P2/c1-9-60(6)46-38-30-22-17-19-24-33-41-49-66(71)79-55-64(86-69(74)52-44-36-26-20-18-23-31-39-47-61(7)10-2)57-83-87(75,76)81-53-63(70)54-82-88(77,78)84-58-65(56-80-67(72)50-42-34-28-27-32-40-48-62(8)11-3)85-68(73)51-43-35-25-16-14-12-13-15-21-29-37-45-59(4)5/h59-65,70H,9-58H2,1-8H3,(H,75,76)(H,77,78)/t60?,61?,62?,63-,64-,65-/m1/s1. The first kappa shape index (κ1) is 86.1. The maximum Gasteiger partial charge on any atom is 0.472 e. The molecule has 3 N–H and O–H groups in total. The molecule has 0 aliphatic rings. The number of phosphoric acid groups is 2. The number of ether oxygens (including phenoxy) is 4. The quantitative estimate of drug-likeness (QED) is 0.0222. The summed E-state index contributed by atoms with van der Waals surface area (Å²) >= 11 is 0. The number of unbranched alkanes of at least 4 members (excludes halogenated alkanes) is 29. The third kappa shape index (κ3) is 59.1. The van der Waals surface area contributed by atoms with Crippen LogP contribution in [0.15, 0.2) is 0 Å². The molecular formula is C69H134O17P2. The summed E-state index contributed by atoms with van der Waals surface area (Å²) < 4.78 is 68.2. The molecule has 0 saturated heterocycles. The molecule has 0 saturated carbocycles. The molecule has 0 aromatic heterocycles. The second-order valence-electron chi connectivity index (χ2n) is 26.1. The summed E-state index contributed by atoms with van der Waals surface area (Å²) in [5.41, 5.74) is 0. The molecule has 88 heavy (non-hydrogen) atoms. The van der Waals surface area contributed by atoms with Crippen LogP contribution in [0.1, 0.15) is 338 Å². The Bertz CT molecular complexity index is 1750. The molecule has 0 bridgehead atoms. The number of phosphoric ester groups is 2. The van der Waals surface area contributed by atoms with Gasteiger partial charge in [-0.1, -0.05) is 287 Å². The highest BCUT2D eigenvalue weighted by Crippen LogP contribution is 2.45. The number of hydrogen-bond donors (Lipinski definition) is 3. The summed E-state index contributed by atoms with van der Waals surface area (Å²) in [5, 5.41) is 10.6. The Balaban J connectivity index is 5.28. The van der Waals surface area contributed by atoms with E-state index in [0.717, 1.165) is 120 Å². The van der Waals surface area contributed by atoms with Crippen LogP contribution in [0.25, 0.3) is 0 Å². The van der Waals surface area contributed by atoms with Gasteiger partial charge in [0.1, 0.15) is 19.3 Å². The molecule has 0 rings (SSSR count). The highest BCUT2D eigenvalue weighted by atomic mass is 31.2. The van der Waals surface area contributed by atoms with Gasteiger partial charge in [-0.3, -0.25) is 37.3 Å². The second kappa shape index (κ2) is 58.8. The molecule has 0 fully saturated rings. The molecule has 0 aromatic rings. The van der Waals surface area contributed by atoms with Gasteiger partial charge in [0.05, 0.1) is 26.4 Å². The van der Waals surface area contributed by atoms with E-state index < -0.39 is 97.5 Å². The maximum absolute atomic E-state index is 13.0. The second-order valence-corrected chi connectivity index (χ2v) is 29.0. The minimum Gasteiger partial charge on any atom is -0.462 e. The van der Waals surface area contributed by atoms with Gasteiger partial charge in [-0.15, -0.1) is 0 Å². The Labute approximate surface area is 537 Å². The van der Waals surface area contributed by atoms with Crippen LogP contribution in [-0.2, 0) is 65.4 Å². The van der Waals surface area contributed by atoms with Crippen molar-refractivity contribution in [2.75, 3.05) is 39.6 Å². The fourth-order valence-corrected chi connectivity index (χ4v) is 11.8. The summed E-state index contributed by atoms with van der Waals surface area (Å²) in [6, 6.07) is 0. The molecule has 522 valence electrons. The lowest BCUT2D eigenvalue weighted by Crippen LogP contribution is -2.30. The zero-order valence-corrected chi connectivity index (χ0v) is 59.1. The van der Waals surface area contributed by atoms with Crippen molar-refractivity contribution in [2.45, 2.75) is 356 Å². The number of aliphatic hydroxyl groups is 1. The van der Waals surface area contributed by atoms with E-state index in [9.17, 15) is 43.2 Å². The van der Waals surface area contributed by atoms with E-state index in [1.165, 1.54) is 135 Å². The van der Waals surface area contributed by atoms with Crippen LogP contribution in [0.2, 0.25) is 0 Å². The predicted octanol–water partition coefficient (Wildman–Crippen LogP) is 19.3. The zero-order valence-electron chi connectivity index (χ0n) is 57.3. The minimum atomic E-state index is -4.95. The summed E-state index contributed by atoms with van der Waals surface area (Å²) in [7, 11) is -9.90. The van der Waals surface area contributed by atoms with Crippen LogP contribution in [-0.4, -0.2) is 96.7 Å². The molecule has 0 heterocycles. The Morgan fingerprint density at radius 2 is 0.545 bits per heavy atom. The number of carbonyl (C=O) groups is 4. The summed E-state index contributed by atoms with van der Waals surface area (Å²) in [4.78, 5) is 72.5. The number of aliphatic hydroxyl groups excluding tert-OH is 1. The van der Waals surface area contributed by atoms with Crippen molar-refractivity contribution in [3.63, 3.8) is 0 Å². The smallest absolute Gasteiger partial charge is 0.462 e. The van der Waals surface area contributed by atoms with Crippen molar-refractivity contribution < 1.29 is 80.2 Å². The normalized spacial score (nSPS) is 15.2. The third-order valence-electron chi connectivity index (χ3n) is 16.9. The molecule has 5 unspecified atom stereocenters. The molecule has 19 heteroatoms. The largest absolute Gasteiger partial charge is 0.472 e. The molecule has 0 aliphatic heterocycles. The summed E-state index contributed by atoms with van der Waals surface area (Å²) in [5.74, 6) is 0.910. The topological polar surface area (TPSA) is 237 Å². The van der Waals surface area contributed by atoms with Gasteiger partial charge < -0.3 is 33.8 Å². The van der Waals surface area contributed by atoms with Gasteiger partial charge in [0.15, 0.2) is 12.2 Å². The van der Waals surface area contributed by atoms with Gasteiger partial charge in [-0.05, 0) is 49.4 Å². The number of rotatable bonds is 66.